The van der Waals surface area contributed by atoms with Crippen LogP contribution in [-0.2, 0) is 43.0 Å². The van der Waals surface area contributed by atoms with Gasteiger partial charge in [-0.05, 0) is 64.8 Å². The third-order valence-corrected chi connectivity index (χ3v) is 7.81. The van der Waals surface area contributed by atoms with Crippen molar-refractivity contribution in [3.8, 4) is 0 Å². The molecule has 0 unspecified atom stereocenters. The summed E-state index contributed by atoms with van der Waals surface area (Å²) in [5, 5.41) is 35.1. The molecule has 282 valence electrons. The summed E-state index contributed by atoms with van der Waals surface area (Å²) in [6.07, 6.45) is 7.65. The number of hydrogen-bond donors (Lipinski definition) is 6. The molecular weight excluding hydrogens is 642 g/mol. The number of ether oxygens (including phenoxy) is 2. The first-order valence-corrected chi connectivity index (χ1v) is 17.5. The molecule has 0 radical (unpaired) electrons. The van der Waals surface area contributed by atoms with Crippen LogP contribution in [-0.4, -0.2) is 109 Å². The molecule has 0 saturated carbocycles. The number of likely N-dealkylation sites (N-methyl/N-ethyl adjacent to an activating group) is 1. The highest BCUT2D eigenvalue weighted by atomic mass is 16.5. The molecule has 0 rings (SSSR count). The minimum absolute atomic E-state index is 0.00704. The summed E-state index contributed by atoms with van der Waals surface area (Å²) in [4.78, 5) is 81.3. The lowest BCUT2D eigenvalue weighted by molar-refractivity contribution is -0.144. The number of carbonyl (C=O) groups is 7. The fourth-order valence-corrected chi connectivity index (χ4v) is 4.84. The number of nitrogens with one attached hydrogen (secondary N) is 3. The van der Waals surface area contributed by atoms with Crippen LogP contribution in [0.3, 0.4) is 0 Å². The van der Waals surface area contributed by atoms with Gasteiger partial charge in [0.25, 0.3) is 0 Å². The zero-order chi connectivity index (χ0) is 36.7. The third kappa shape index (κ3) is 29.2. The highest BCUT2D eigenvalue weighted by molar-refractivity contribution is 5.87. The SMILES string of the molecule is CN[C@@H](CCCCNC(=O)CC[C@H](CC(=O)CCC(=O)NCCCOCCOCCCCC(=O)CCCCCCC(=O)O)C(=O)O)C(=O)O. The minimum atomic E-state index is -1.18. The normalized spacial score (nSPS) is 12.2. The van der Waals surface area contributed by atoms with Gasteiger partial charge in [0.1, 0.15) is 17.6 Å². The van der Waals surface area contributed by atoms with Crippen molar-refractivity contribution in [3.63, 3.8) is 0 Å². The van der Waals surface area contributed by atoms with Crippen molar-refractivity contribution in [1.29, 1.82) is 0 Å². The zero-order valence-corrected chi connectivity index (χ0v) is 29.1. The first kappa shape index (κ1) is 45.6. The summed E-state index contributed by atoms with van der Waals surface area (Å²) in [6, 6.07) is -0.645. The summed E-state index contributed by atoms with van der Waals surface area (Å²) in [5.41, 5.74) is 0. The number of amides is 2. The lowest BCUT2D eigenvalue weighted by Gasteiger charge is -2.12. The molecule has 0 aromatic rings. The van der Waals surface area contributed by atoms with E-state index in [4.69, 9.17) is 19.7 Å². The van der Waals surface area contributed by atoms with Crippen molar-refractivity contribution < 1.29 is 58.4 Å². The lowest BCUT2D eigenvalue weighted by Crippen LogP contribution is -2.34. The number of unbranched alkanes of at least 4 members (excludes halogenated alkanes) is 5. The van der Waals surface area contributed by atoms with E-state index in [9.17, 15) is 38.7 Å². The third-order valence-electron chi connectivity index (χ3n) is 7.81. The highest BCUT2D eigenvalue weighted by Crippen LogP contribution is 2.14. The Morgan fingerprint density at radius 2 is 1.10 bits per heavy atom. The summed E-state index contributed by atoms with van der Waals surface area (Å²) in [7, 11) is 1.57. The Morgan fingerprint density at radius 3 is 1.69 bits per heavy atom. The lowest BCUT2D eigenvalue weighted by atomic mass is 9.95. The largest absolute Gasteiger partial charge is 0.481 e. The predicted molar refractivity (Wildman–Crippen MR) is 180 cm³/mol. The van der Waals surface area contributed by atoms with Gasteiger partial charge in [-0.2, -0.15) is 0 Å². The van der Waals surface area contributed by atoms with E-state index in [1.54, 1.807) is 7.05 Å². The van der Waals surface area contributed by atoms with E-state index in [1.165, 1.54) is 0 Å². The molecule has 0 saturated heterocycles. The summed E-state index contributed by atoms with van der Waals surface area (Å²) in [6.45, 7) is 2.50. The first-order valence-electron chi connectivity index (χ1n) is 17.5. The molecule has 2 amide bonds. The van der Waals surface area contributed by atoms with E-state index in [0.29, 0.717) is 84.5 Å². The molecule has 15 heteroatoms. The molecule has 0 aromatic carbocycles. The van der Waals surface area contributed by atoms with Gasteiger partial charge >= 0.3 is 17.9 Å². The Hall–Kier alpha value is -3.43. The number of carboxylic acid groups (broad SMARTS) is 3. The minimum Gasteiger partial charge on any atom is -0.481 e. The number of hydrogen-bond acceptors (Lipinski definition) is 10. The van der Waals surface area contributed by atoms with Crippen LogP contribution >= 0.6 is 0 Å². The van der Waals surface area contributed by atoms with E-state index < -0.39 is 29.9 Å². The van der Waals surface area contributed by atoms with Gasteiger partial charge in [-0.25, -0.2) is 0 Å². The van der Waals surface area contributed by atoms with Crippen LogP contribution in [0.25, 0.3) is 0 Å². The second kappa shape index (κ2) is 30.6. The fourth-order valence-electron chi connectivity index (χ4n) is 4.84. The van der Waals surface area contributed by atoms with Crippen LogP contribution in [0.2, 0.25) is 0 Å². The molecule has 49 heavy (non-hydrogen) atoms. The first-order chi connectivity index (χ1) is 23.5. The monoisotopic (exact) mass is 701 g/mol. The molecule has 0 spiro atoms. The molecule has 0 aliphatic rings. The van der Waals surface area contributed by atoms with Gasteiger partial charge in [0.05, 0.1) is 19.1 Å². The van der Waals surface area contributed by atoms with Crippen molar-refractivity contribution in [1.82, 2.24) is 16.0 Å². The smallest absolute Gasteiger partial charge is 0.320 e. The summed E-state index contributed by atoms with van der Waals surface area (Å²) >= 11 is 0. The number of Topliss-reactive ketones (excluding diaryl/α,β-unsaturated/α-hetero) is 2. The molecule has 0 fully saturated rings. The zero-order valence-electron chi connectivity index (χ0n) is 29.1. The van der Waals surface area contributed by atoms with Crippen LogP contribution < -0.4 is 16.0 Å². The van der Waals surface area contributed by atoms with Crippen LogP contribution in [0.4, 0.5) is 0 Å². The van der Waals surface area contributed by atoms with Gasteiger partial charge < -0.3 is 40.7 Å². The van der Waals surface area contributed by atoms with Crippen molar-refractivity contribution in [2.45, 2.75) is 122 Å². The van der Waals surface area contributed by atoms with Crippen LogP contribution in [0, 0.1) is 5.92 Å². The Labute approximate surface area is 289 Å². The molecule has 0 heterocycles. The fraction of sp³-hybridized carbons (Fsp3) is 0.794. The average Bonchev–Trinajstić information content (AvgIpc) is 3.05. The molecule has 0 aliphatic heterocycles. The van der Waals surface area contributed by atoms with Gasteiger partial charge in [-0.3, -0.25) is 33.6 Å². The maximum absolute atomic E-state index is 12.3. The summed E-state index contributed by atoms with van der Waals surface area (Å²) < 4.78 is 11.0. The second-order valence-electron chi connectivity index (χ2n) is 12.1. The van der Waals surface area contributed by atoms with Crippen LogP contribution in [0.5, 0.6) is 0 Å². The molecule has 15 nitrogen and oxygen atoms in total. The Bertz CT molecular complexity index is 991. The number of carbonyl (C=O) groups excluding carboxylic acids is 4. The van der Waals surface area contributed by atoms with Gasteiger partial charge in [-0.1, -0.05) is 12.8 Å². The second-order valence-corrected chi connectivity index (χ2v) is 12.1. The van der Waals surface area contributed by atoms with E-state index >= 15 is 0 Å². The summed E-state index contributed by atoms with van der Waals surface area (Å²) in [5.74, 6) is -4.71. The van der Waals surface area contributed by atoms with Gasteiger partial charge in [0.2, 0.25) is 11.8 Å². The van der Waals surface area contributed by atoms with Crippen molar-refractivity contribution in [3.05, 3.63) is 0 Å². The molecule has 2 atom stereocenters. The number of carboxylic acids is 3. The van der Waals surface area contributed by atoms with Crippen LogP contribution in [0.1, 0.15) is 116 Å². The molecular formula is C34H59N3O12. The number of ketones is 2. The Kier molecular flexibility index (Phi) is 28.5. The molecule has 0 aromatic heterocycles. The van der Waals surface area contributed by atoms with Gasteiger partial charge in [-0.15, -0.1) is 0 Å². The Balaban J connectivity index is 3.77. The Morgan fingerprint density at radius 1 is 0.531 bits per heavy atom. The number of aliphatic carboxylic acids is 3. The van der Waals surface area contributed by atoms with E-state index in [-0.39, 0.29) is 61.9 Å². The van der Waals surface area contributed by atoms with Crippen LogP contribution in [0.15, 0.2) is 0 Å². The molecule has 6 N–H and O–H groups in total. The topological polar surface area (TPSA) is 235 Å². The average molecular weight is 702 g/mol. The van der Waals surface area contributed by atoms with Gasteiger partial charge in [0, 0.05) is 71.2 Å². The molecule has 0 bridgehead atoms. The van der Waals surface area contributed by atoms with E-state index in [0.717, 1.165) is 32.1 Å². The quantitative estimate of drug-likeness (QED) is 0.0522. The van der Waals surface area contributed by atoms with Crippen molar-refractivity contribution in [2.24, 2.45) is 5.92 Å². The van der Waals surface area contributed by atoms with E-state index in [1.807, 2.05) is 0 Å². The van der Waals surface area contributed by atoms with Gasteiger partial charge in [0.15, 0.2) is 0 Å². The number of rotatable bonds is 35. The standard InChI is InChI=1S/C34H59N3O12/c1-35-29(34(46)47)13-6-8-19-36-30(40)17-15-26(33(44)45)25-28(39)16-18-31(41)37-20-10-22-49-24-23-48-21-9-7-12-27(38)11-4-2-3-5-14-32(42)43/h26,29,35H,2-25H2,1H3,(H,36,40)(H,37,41)(H,42,43)(H,44,45)(H,46,47)/t26-,29+/m1/s1. The maximum atomic E-state index is 12.3. The highest BCUT2D eigenvalue weighted by Gasteiger charge is 2.22. The predicted octanol–water partition coefficient (Wildman–Crippen LogP) is 2.87. The van der Waals surface area contributed by atoms with E-state index in [2.05, 4.69) is 16.0 Å². The maximum Gasteiger partial charge on any atom is 0.320 e. The van der Waals surface area contributed by atoms with Crippen molar-refractivity contribution >= 4 is 41.3 Å². The van der Waals surface area contributed by atoms with Crippen molar-refractivity contribution in [2.75, 3.05) is 46.6 Å². The molecule has 0 aliphatic carbocycles.